The Bertz CT molecular complexity index is 590. The zero-order valence-electron chi connectivity index (χ0n) is 9.39. The molecule has 0 fully saturated rings. The molecule has 0 amide bonds. The van der Waals surface area contributed by atoms with Gasteiger partial charge in [0.2, 0.25) is 0 Å². The van der Waals surface area contributed by atoms with Crippen LogP contribution in [0, 0.1) is 6.92 Å². The van der Waals surface area contributed by atoms with Crippen LogP contribution in [0.3, 0.4) is 0 Å². The van der Waals surface area contributed by atoms with E-state index in [1.54, 1.807) is 11.6 Å². The second-order valence-corrected chi connectivity index (χ2v) is 5.38. The van der Waals surface area contributed by atoms with Crippen molar-refractivity contribution in [1.29, 1.82) is 0 Å². The van der Waals surface area contributed by atoms with E-state index in [0.717, 1.165) is 14.6 Å². The Hall–Kier alpha value is -1.21. The fourth-order valence-electron chi connectivity index (χ4n) is 1.57. The first kappa shape index (κ1) is 13.2. The summed E-state index contributed by atoms with van der Waals surface area (Å²) < 4.78 is 3.32. The Kier molecular flexibility index (Phi) is 3.82. The van der Waals surface area contributed by atoms with Crippen molar-refractivity contribution in [3.63, 3.8) is 0 Å². The second kappa shape index (κ2) is 5.19. The van der Waals surface area contributed by atoms with Crippen LogP contribution in [0.5, 0.6) is 0 Å². The first-order valence-electron chi connectivity index (χ1n) is 5.08. The molecule has 0 radical (unpaired) electrons. The van der Waals surface area contributed by atoms with Crippen LogP contribution in [0.1, 0.15) is 11.4 Å². The molecule has 5 nitrogen and oxygen atoms in total. The third-order valence-corrected chi connectivity index (χ3v) is 3.74. The summed E-state index contributed by atoms with van der Waals surface area (Å²) in [6.45, 7) is 1.80. The number of hydrogen-bond acceptors (Lipinski definition) is 3. The number of hydrogen-bond donors (Lipinski definition) is 1. The number of carboxylic acid groups (broad SMARTS) is 1. The number of halogens is 2. The minimum atomic E-state index is -0.920. The maximum atomic E-state index is 10.7. The molecule has 94 valence electrons. The highest BCUT2D eigenvalue weighted by Crippen LogP contribution is 2.29. The number of aliphatic carboxylic acids is 1. The highest BCUT2D eigenvalue weighted by atomic mass is 79.9. The summed E-state index contributed by atoms with van der Waals surface area (Å²) in [5.74, 6) is -0.920. The average Bonchev–Trinajstić information content (AvgIpc) is 2.61. The lowest BCUT2D eigenvalue weighted by Gasteiger charge is -2.08. The van der Waals surface area contributed by atoms with Crippen LogP contribution >= 0.6 is 31.9 Å². The van der Waals surface area contributed by atoms with Gasteiger partial charge < -0.3 is 5.11 Å². The molecule has 0 unspecified atom stereocenters. The minimum Gasteiger partial charge on any atom is -0.481 e. The van der Waals surface area contributed by atoms with Gasteiger partial charge in [0.05, 0.1) is 23.5 Å². The standard InChI is InChI=1S/C11H9Br2N3O2/c1-6-9(5-10(17)18)14-15-16(6)11-7(12)3-2-4-8(11)13/h2-4H,5H2,1H3,(H,17,18). The molecule has 0 bridgehead atoms. The lowest BCUT2D eigenvalue weighted by molar-refractivity contribution is -0.136. The van der Waals surface area contributed by atoms with E-state index in [-0.39, 0.29) is 6.42 Å². The summed E-state index contributed by atoms with van der Waals surface area (Å²) in [6, 6.07) is 5.66. The van der Waals surface area contributed by atoms with Gasteiger partial charge in [0.25, 0.3) is 0 Å². The van der Waals surface area contributed by atoms with Gasteiger partial charge in [0.1, 0.15) is 0 Å². The second-order valence-electron chi connectivity index (χ2n) is 3.67. The van der Waals surface area contributed by atoms with Gasteiger partial charge in [0.15, 0.2) is 0 Å². The topological polar surface area (TPSA) is 68.0 Å². The number of aromatic nitrogens is 3. The zero-order chi connectivity index (χ0) is 13.3. The van der Waals surface area contributed by atoms with Crippen LogP contribution in [0.15, 0.2) is 27.1 Å². The number of para-hydroxylation sites is 1. The fourth-order valence-corrected chi connectivity index (χ4v) is 2.91. The van der Waals surface area contributed by atoms with Crippen molar-refractivity contribution in [1.82, 2.24) is 15.0 Å². The van der Waals surface area contributed by atoms with E-state index in [1.807, 2.05) is 18.2 Å². The number of benzene rings is 1. The molecular weight excluding hydrogens is 366 g/mol. The summed E-state index contributed by atoms with van der Waals surface area (Å²) in [4.78, 5) is 10.7. The third-order valence-electron chi connectivity index (χ3n) is 2.46. The Balaban J connectivity index is 2.52. The lowest BCUT2D eigenvalue weighted by atomic mass is 10.2. The lowest BCUT2D eigenvalue weighted by Crippen LogP contribution is -2.04. The van der Waals surface area contributed by atoms with Crippen molar-refractivity contribution in [3.8, 4) is 5.69 Å². The van der Waals surface area contributed by atoms with Crippen LogP contribution in [0.4, 0.5) is 0 Å². The maximum Gasteiger partial charge on any atom is 0.309 e. The Labute approximate surface area is 120 Å². The molecule has 0 aliphatic carbocycles. The van der Waals surface area contributed by atoms with E-state index in [2.05, 4.69) is 42.2 Å². The number of rotatable bonds is 3. The molecule has 0 aliphatic rings. The maximum absolute atomic E-state index is 10.7. The summed E-state index contributed by atoms with van der Waals surface area (Å²) in [6.07, 6.45) is -0.131. The van der Waals surface area contributed by atoms with Crippen LogP contribution in [0.25, 0.3) is 5.69 Å². The molecule has 2 aromatic rings. The minimum absolute atomic E-state index is 0.131. The number of carbonyl (C=O) groups is 1. The number of carboxylic acids is 1. The van der Waals surface area contributed by atoms with E-state index >= 15 is 0 Å². The van der Waals surface area contributed by atoms with Gasteiger partial charge in [-0.25, -0.2) is 4.68 Å². The van der Waals surface area contributed by atoms with Crippen LogP contribution in [0.2, 0.25) is 0 Å². The van der Waals surface area contributed by atoms with Crippen molar-refractivity contribution in [2.45, 2.75) is 13.3 Å². The van der Waals surface area contributed by atoms with E-state index in [4.69, 9.17) is 5.11 Å². The monoisotopic (exact) mass is 373 g/mol. The van der Waals surface area contributed by atoms with Crippen LogP contribution in [-0.2, 0) is 11.2 Å². The predicted molar refractivity (Wildman–Crippen MR) is 72.8 cm³/mol. The van der Waals surface area contributed by atoms with Crippen LogP contribution < -0.4 is 0 Å². The van der Waals surface area contributed by atoms with Crippen molar-refractivity contribution in [2.75, 3.05) is 0 Å². The molecule has 1 aromatic carbocycles. The van der Waals surface area contributed by atoms with E-state index in [9.17, 15) is 4.79 Å². The van der Waals surface area contributed by atoms with Crippen molar-refractivity contribution < 1.29 is 9.90 Å². The largest absolute Gasteiger partial charge is 0.481 e. The molecule has 18 heavy (non-hydrogen) atoms. The molecule has 0 saturated heterocycles. The molecular formula is C11H9Br2N3O2. The molecule has 0 saturated carbocycles. The molecule has 0 spiro atoms. The van der Waals surface area contributed by atoms with E-state index in [1.165, 1.54) is 0 Å². The average molecular weight is 375 g/mol. The van der Waals surface area contributed by atoms with Gasteiger partial charge in [-0.2, -0.15) is 0 Å². The third kappa shape index (κ3) is 2.46. The van der Waals surface area contributed by atoms with Gasteiger partial charge >= 0.3 is 5.97 Å². The van der Waals surface area contributed by atoms with Gasteiger partial charge in [-0.05, 0) is 50.9 Å². The summed E-state index contributed by atoms with van der Waals surface area (Å²) >= 11 is 6.89. The van der Waals surface area contributed by atoms with Gasteiger partial charge in [-0.3, -0.25) is 4.79 Å². The first-order valence-corrected chi connectivity index (χ1v) is 6.66. The SMILES string of the molecule is Cc1c(CC(=O)O)nnn1-c1c(Br)cccc1Br. The van der Waals surface area contributed by atoms with Gasteiger partial charge in [-0.1, -0.05) is 11.3 Å². The summed E-state index contributed by atoms with van der Waals surface area (Å²) in [5, 5.41) is 16.7. The molecule has 2 rings (SSSR count). The molecule has 7 heteroatoms. The van der Waals surface area contributed by atoms with Gasteiger partial charge in [0, 0.05) is 8.95 Å². The smallest absolute Gasteiger partial charge is 0.309 e. The molecule has 0 atom stereocenters. The Morgan fingerprint density at radius 3 is 2.56 bits per heavy atom. The zero-order valence-corrected chi connectivity index (χ0v) is 12.6. The molecule has 1 N–H and O–H groups in total. The Morgan fingerprint density at radius 2 is 2.00 bits per heavy atom. The molecule has 0 aliphatic heterocycles. The fraction of sp³-hybridized carbons (Fsp3) is 0.182. The highest BCUT2D eigenvalue weighted by Gasteiger charge is 2.16. The Morgan fingerprint density at radius 1 is 1.39 bits per heavy atom. The summed E-state index contributed by atoms with van der Waals surface area (Å²) in [5.41, 5.74) is 1.98. The van der Waals surface area contributed by atoms with E-state index < -0.39 is 5.97 Å². The van der Waals surface area contributed by atoms with E-state index in [0.29, 0.717) is 11.4 Å². The van der Waals surface area contributed by atoms with Crippen molar-refractivity contribution in [3.05, 3.63) is 38.5 Å². The normalized spacial score (nSPS) is 10.6. The van der Waals surface area contributed by atoms with Crippen molar-refractivity contribution in [2.24, 2.45) is 0 Å². The number of nitrogens with zero attached hydrogens (tertiary/aromatic N) is 3. The summed E-state index contributed by atoms with van der Waals surface area (Å²) in [7, 11) is 0. The predicted octanol–water partition coefficient (Wildman–Crippen LogP) is 2.73. The first-order chi connectivity index (χ1) is 8.50. The van der Waals surface area contributed by atoms with Crippen molar-refractivity contribution >= 4 is 37.8 Å². The molecule has 1 aromatic heterocycles. The quantitative estimate of drug-likeness (QED) is 0.896. The van der Waals surface area contributed by atoms with Crippen LogP contribution in [-0.4, -0.2) is 26.1 Å². The molecule has 1 heterocycles. The highest BCUT2D eigenvalue weighted by molar-refractivity contribution is 9.11. The van der Waals surface area contributed by atoms with Gasteiger partial charge in [-0.15, -0.1) is 5.10 Å².